The van der Waals surface area contributed by atoms with Crippen LogP contribution >= 0.6 is 0 Å². The van der Waals surface area contributed by atoms with Crippen molar-refractivity contribution in [2.75, 3.05) is 18.9 Å². The van der Waals surface area contributed by atoms with Crippen LogP contribution in [0.4, 0.5) is 5.69 Å². The van der Waals surface area contributed by atoms with Crippen molar-refractivity contribution in [1.82, 2.24) is 10.3 Å². The van der Waals surface area contributed by atoms with Gasteiger partial charge in [0.05, 0.1) is 0 Å². The predicted molar refractivity (Wildman–Crippen MR) is 72.8 cm³/mol. The molecule has 94 valence electrons. The molecule has 0 saturated heterocycles. The van der Waals surface area contributed by atoms with E-state index in [2.05, 4.69) is 15.6 Å². The Labute approximate surface area is 106 Å². The van der Waals surface area contributed by atoms with Gasteiger partial charge in [-0.15, -0.1) is 0 Å². The minimum Gasteiger partial charge on any atom is -0.388 e. The van der Waals surface area contributed by atoms with E-state index < -0.39 is 0 Å². The molecule has 0 aliphatic rings. The van der Waals surface area contributed by atoms with Crippen molar-refractivity contribution in [3.63, 3.8) is 0 Å². The lowest BCUT2D eigenvalue weighted by Crippen LogP contribution is -2.25. The molecule has 0 aliphatic carbocycles. The number of benzene rings is 1. The molecule has 0 saturated carbocycles. The average molecular weight is 243 g/mol. The van der Waals surface area contributed by atoms with E-state index in [1.165, 1.54) is 5.56 Å². The van der Waals surface area contributed by atoms with E-state index in [1.807, 2.05) is 49.8 Å². The molecular formula is C14H17N3O. The maximum atomic E-state index is 11.9. The Hall–Kier alpha value is -2.23. The molecule has 4 heteroatoms. The Kier molecular flexibility index (Phi) is 4.02. The van der Waals surface area contributed by atoms with Crippen molar-refractivity contribution in [2.24, 2.45) is 0 Å². The minimum absolute atomic E-state index is 0.0392. The first-order chi connectivity index (χ1) is 8.79. The fourth-order valence-electron chi connectivity index (χ4n) is 1.75. The van der Waals surface area contributed by atoms with Crippen LogP contribution in [0.15, 0.2) is 42.7 Å². The first-order valence-electron chi connectivity index (χ1n) is 5.97. The van der Waals surface area contributed by atoms with Gasteiger partial charge in [0.15, 0.2) is 0 Å². The molecule has 1 aromatic carbocycles. The quantitative estimate of drug-likeness (QED) is 0.752. The number of aromatic nitrogens is 1. The fourth-order valence-corrected chi connectivity index (χ4v) is 1.75. The van der Waals surface area contributed by atoms with E-state index in [0.717, 1.165) is 12.1 Å². The Bertz CT molecular complexity index is 506. The minimum atomic E-state index is -0.0392. The van der Waals surface area contributed by atoms with Crippen molar-refractivity contribution in [3.05, 3.63) is 53.9 Å². The third-order valence-corrected chi connectivity index (χ3v) is 2.78. The Morgan fingerprint density at radius 3 is 2.94 bits per heavy atom. The van der Waals surface area contributed by atoms with Gasteiger partial charge >= 0.3 is 0 Å². The molecule has 18 heavy (non-hydrogen) atoms. The van der Waals surface area contributed by atoms with Crippen LogP contribution in [-0.2, 0) is 6.42 Å². The number of nitrogens with one attached hydrogen (secondary N) is 3. The highest BCUT2D eigenvalue weighted by molar-refractivity contribution is 5.95. The Balaban J connectivity index is 1.87. The molecule has 1 amide bonds. The molecule has 2 aromatic rings. The van der Waals surface area contributed by atoms with Crippen LogP contribution in [-0.4, -0.2) is 24.5 Å². The van der Waals surface area contributed by atoms with E-state index in [4.69, 9.17) is 0 Å². The number of hydrogen-bond acceptors (Lipinski definition) is 2. The zero-order chi connectivity index (χ0) is 12.8. The number of H-pyrrole nitrogens is 1. The van der Waals surface area contributed by atoms with Gasteiger partial charge in [-0.1, -0.05) is 6.07 Å². The summed E-state index contributed by atoms with van der Waals surface area (Å²) in [5, 5.41) is 5.92. The zero-order valence-electron chi connectivity index (χ0n) is 10.4. The van der Waals surface area contributed by atoms with Gasteiger partial charge in [0, 0.05) is 37.2 Å². The van der Waals surface area contributed by atoms with Crippen LogP contribution in [0.5, 0.6) is 0 Å². The molecule has 1 heterocycles. The molecule has 0 fully saturated rings. The molecule has 0 aliphatic heterocycles. The van der Waals surface area contributed by atoms with Gasteiger partial charge in [0.25, 0.3) is 5.91 Å². The topological polar surface area (TPSA) is 56.9 Å². The van der Waals surface area contributed by atoms with Crippen molar-refractivity contribution in [3.8, 4) is 0 Å². The van der Waals surface area contributed by atoms with E-state index in [-0.39, 0.29) is 5.91 Å². The zero-order valence-corrected chi connectivity index (χ0v) is 10.4. The largest absolute Gasteiger partial charge is 0.388 e. The molecule has 4 nitrogen and oxygen atoms in total. The van der Waals surface area contributed by atoms with Crippen LogP contribution in [0.2, 0.25) is 0 Å². The summed E-state index contributed by atoms with van der Waals surface area (Å²) in [5.41, 5.74) is 2.81. The summed E-state index contributed by atoms with van der Waals surface area (Å²) in [5.74, 6) is -0.0392. The number of aromatic amines is 1. The lowest BCUT2D eigenvalue weighted by atomic mass is 10.2. The van der Waals surface area contributed by atoms with Crippen LogP contribution in [0.3, 0.4) is 0 Å². The third kappa shape index (κ3) is 3.13. The van der Waals surface area contributed by atoms with Crippen LogP contribution in [0, 0.1) is 0 Å². The van der Waals surface area contributed by atoms with Gasteiger partial charge in [0.2, 0.25) is 0 Å². The maximum Gasteiger partial charge on any atom is 0.251 e. The van der Waals surface area contributed by atoms with Gasteiger partial charge in [-0.25, -0.2) is 0 Å². The van der Waals surface area contributed by atoms with Crippen molar-refractivity contribution >= 4 is 11.6 Å². The summed E-state index contributed by atoms with van der Waals surface area (Å²) in [6, 6.07) is 9.45. The average Bonchev–Trinajstić information content (AvgIpc) is 2.92. The van der Waals surface area contributed by atoms with Gasteiger partial charge in [-0.05, 0) is 36.2 Å². The Morgan fingerprint density at radius 2 is 2.22 bits per heavy atom. The summed E-state index contributed by atoms with van der Waals surface area (Å²) in [4.78, 5) is 14.9. The molecule has 0 bridgehead atoms. The number of carbonyl (C=O) groups is 1. The third-order valence-electron chi connectivity index (χ3n) is 2.78. The van der Waals surface area contributed by atoms with Crippen LogP contribution in [0.25, 0.3) is 0 Å². The van der Waals surface area contributed by atoms with Crippen LogP contribution < -0.4 is 10.6 Å². The highest BCUT2D eigenvalue weighted by Crippen LogP contribution is 2.09. The molecule has 0 unspecified atom stereocenters. The number of rotatable bonds is 5. The van der Waals surface area contributed by atoms with E-state index in [0.29, 0.717) is 12.1 Å². The van der Waals surface area contributed by atoms with Crippen molar-refractivity contribution in [1.29, 1.82) is 0 Å². The van der Waals surface area contributed by atoms with Gasteiger partial charge in [-0.3, -0.25) is 4.79 Å². The number of amides is 1. The summed E-state index contributed by atoms with van der Waals surface area (Å²) < 4.78 is 0. The van der Waals surface area contributed by atoms with Crippen molar-refractivity contribution in [2.45, 2.75) is 6.42 Å². The lowest BCUT2D eigenvalue weighted by molar-refractivity contribution is 0.0954. The normalized spacial score (nSPS) is 10.1. The molecular weight excluding hydrogens is 226 g/mol. The van der Waals surface area contributed by atoms with Crippen molar-refractivity contribution < 1.29 is 4.79 Å². The number of anilines is 1. The summed E-state index contributed by atoms with van der Waals surface area (Å²) >= 11 is 0. The fraction of sp³-hybridized carbons (Fsp3) is 0.214. The second-order valence-electron chi connectivity index (χ2n) is 4.06. The van der Waals surface area contributed by atoms with E-state index in [9.17, 15) is 4.79 Å². The van der Waals surface area contributed by atoms with Gasteiger partial charge in [-0.2, -0.15) is 0 Å². The van der Waals surface area contributed by atoms with E-state index >= 15 is 0 Å². The second-order valence-corrected chi connectivity index (χ2v) is 4.06. The SMILES string of the molecule is CNc1cccc(C(=O)NCCc2cc[nH]c2)c1. The van der Waals surface area contributed by atoms with Crippen LogP contribution in [0.1, 0.15) is 15.9 Å². The lowest BCUT2D eigenvalue weighted by Gasteiger charge is -2.06. The van der Waals surface area contributed by atoms with E-state index in [1.54, 1.807) is 0 Å². The smallest absolute Gasteiger partial charge is 0.251 e. The molecule has 3 N–H and O–H groups in total. The standard InChI is InChI=1S/C14H17N3O/c1-15-13-4-2-3-12(9-13)14(18)17-8-6-11-5-7-16-10-11/h2-5,7,9-10,15-16H,6,8H2,1H3,(H,17,18). The maximum absolute atomic E-state index is 11.9. The number of carbonyl (C=O) groups excluding carboxylic acids is 1. The summed E-state index contributed by atoms with van der Waals surface area (Å²) in [6.07, 6.45) is 4.66. The highest BCUT2D eigenvalue weighted by atomic mass is 16.1. The molecule has 0 spiro atoms. The molecule has 2 rings (SSSR count). The highest BCUT2D eigenvalue weighted by Gasteiger charge is 2.05. The van der Waals surface area contributed by atoms with Gasteiger partial charge in [0.1, 0.15) is 0 Å². The first-order valence-corrected chi connectivity index (χ1v) is 5.97. The predicted octanol–water partition coefficient (Wildman–Crippen LogP) is 2.03. The molecule has 0 radical (unpaired) electrons. The molecule has 1 aromatic heterocycles. The number of hydrogen-bond donors (Lipinski definition) is 3. The Morgan fingerprint density at radius 1 is 1.33 bits per heavy atom. The summed E-state index contributed by atoms with van der Waals surface area (Å²) in [6.45, 7) is 0.639. The first kappa shape index (κ1) is 12.2. The van der Waals surface area contributed by atoms with Gasteiger partial charge < -0.3 is 15.6 Å². The second kappa shape index (κ2) is 5.91. The summed E-state index contributed by atoms with van der Waals surface area (Å²) in [7, 11) is 1.84. The monoisotopic (exact) mass is 243 g/mol. The molecule has 0 atom stereocenters.